The maximum absolute atomic E-state index is 10.7. The van der Waals surface area contributed by atoms with Crippen molar-refractivity contribution in [1.82, 2.24) is 9.36 Å². The van der Waals surface area contributed by atoms with Crippen molar-refractivity contribution in [3.63, 3.8) is 0 Å². The van der Waals surface area contributed by atoms with Crippen LogP contribution in [0.1, 0.15) is 10.5 Å². The molecule has 2 heterocycles. The quantitative estimate of drug-likeness (QED) is 0.616. The summed E-state index contributed by atoms with van der Waals surface area (Å²) in [6.45, 7) is 0. The lowest BCUT2D eigenvalue weighted by Crippen LogP contribution is -1.77. The fourth-order valence-corrected chi connectivity index (χ4v) is 2.46. The number of aromatic amines is 1. The van der Waals surface area contributed by atoms with Crippen LogP contribution in [0.3, 0.4) is 0 Å². The second-order valence-electron chi connectivity index (χ2n) is 3.06. The van der Waals surface area contributed by atoms with Crippen LogP contribution in [-0.2, 0) is 0 Å². The Morgan fingerprint density at radius 3 is 3.07 bits per heavy atom. The zero-order valence-electron chi connectivity index (χ0n) is 7.15. The van der Waals surface area contributed by atoms with Crippen molar-refractivity contribution in [2.24, 2.45) is 0 Å². The summed E-state index contributed by atoms with van der Waals surface area (Å²) < 4.78 is 5.12. The van der Waals surface area contributed by atoms with E-state index in [0.717, 1.165) is 27.4 Å². The number of para-hydroxylation sites is 1. The molecular formula is C10H6N2OS. The second-order valence-corrected chi connectivity index (χ2v) is 3.83. The minimum atomic E-state index is 0.501. The SMILES string of the molecule is O=Cc1nsc2c1[nH]c1ccccc12. The Morgan fingerprint density at radius 1 is 1.36 bits per heavy atom. The molecular weight excluding hydrogens is 196 g/mol. The molecule has 0 saturated carbocycles. The lowest BCUT2D eigenvalue weighted by Gasteiger charge is -1.85. The van der Waals surface area contributed by atoms with Crippen molar-refractivity contribution in [2.45, 2.75) is 0 Å². The van der Waals surface area contributed by atoms with Crippen LogP contribution in [0.25, 0.3) is 21.1 Å². The highest BCUT2D eigenvalue weighted by Gasteiger charge is 2.10. The van der Waals surface area contributed by atoms with Gasteiger partial charge in [-0.05, 0) is 17.6 Å². The van der Waals surface area contributed by atoms with Crippen LogP contribution in [0.4, 0.5) is 0 Å². The van der Waals surface area contributed by atoms with E-state index in [1.807, 2.05) is 24.3 Å². The maximum Gasteiger partial charge on any atom is 0.171 e. The molecule has 0 fully saturated rings. The maximum atomic E-state index is 10.7. The van der Waals surface area contributed by atoms with Gasteiger partial charge in [-0.2, -0.15) is 4.37 Å². The minimum absolute atomic E-state index is 0.501. The highest BCUT2D eigenvalue weighted by atomic mass is 32.1. The number of hydrogen-bond acceptors (Lipinski definition) is 3. The van der Waals surface area contributed by atoms with Crippen molar-refractivity contribution in [2.75, 3.05) is 0 Å². The number of aldehydes is 1. The van der Waals surface area contributed by atoms with Crippen LogP contribution in [0, 0.1) is 0 Å². The molecule has 1 N–H and O–H groups in total. The van der Waals surface area contributed by atoms with Gasteiger partial charge in [0.05, 0.1) is 10.2 Å². The molecule has 3 aromatic rings. The number of H-pyrrole nitrogens is 1. The van der Waals surface area contributed by atoms with Gasteiger partial charge >= 0.3 is 0 Å². The first kappa shape index (κ1) is 7.70. The van der Waals surface area contributed by atoms with Gasteiger partial charge in [0.25, 0.3) is 0 Å². The molecule has 0 aliphatic rings. The molecule has 4 heteroatoms. The first-order valence-corrected chi connectivity index (χ1v) is 4.99. The lowest BCUT2D eigenvalue weighted by atomic mass is 10.2. The van der Waals surface area contributed by atoms with Gasteiger partial charge in [0, 0.05) is 10.9 Å². The molecule has 14 heavy (non-hydrogen) atoms. The number of fused-ring (bicyclic) bond motifs is 3. The molecule has 0 saturated heterocycles. The topological polar surface area (TPSA) is 45.8 Å². The Balaban J connectivity index is 2.57. The van der Waals surface area contributed by atoms with E-state index in [9.17, 15) is 4.79 Å². The predicted octanol–water partition coefficient (Wildman–Crippen LogP) is 2.59. The summed E-state index contributed by atoms with van der Waals surface area (Å²) in [6, 6.07) is 7.98. The molecule has 0 aliphatic heterocycles. The summed E-state index contributed by atoms with van der Waals surface area (Å²) in [7, 11) is 0. The average Bonchev–Trinajstić information content (AvgIpc) is 2.75. The molecule has 0 aliphatic carbocycles. The number of nitrogens with one attached hydrogen (secondary N) is 1. The van der Waals surface area contributed by atoms with Gasteiger partial charge in [-0.3, -0.25) is 4.79 Å². The van der Waals surface area contributed by atoms with Crippen molar-refractivity contribution in [3.8, 4) is 0 Å². The Kier molecular flexibility index (Phi) is 1.46. The number of benzene rings is 1. The van der Waals surface area contributed by atoms with E-state index in [4.69, 9.17) is 0 Å². The van der Waals surface area contributed by atoms with Crippen molar-refractivity contribution in [3.05, 3.63) is 30.0 Å². The highest BCUT2D eigenvalue weighted by molar-refractivity contribution is 7.14. The Labute approximate surface area is 83.5 Å². The van der Waals surface area contributed by atoms with Crippen LogP contribution in [0.15, 0.2) is 24.3 Å². The van der Waals surface area contributed by atoms with E-state index in [-0.39, 0.29) is 0 Å². The van der Waals surface area contributed by atoms with Gasteiger partial charge in [0.2, 0.25) is 0 Å². The van der Waals surface area contributed by atoms with Gasteiger partial charge < -0.3 is 4.98 Å². The van der Waals surface area contributed by atoms with Crippen LogP contribution in [0.5, 0.6) is 0 Å². The van der Waals surface area contributed by atoms with E-state index in [1.165, 1.54) is 11.5 Å². The summed E-state index contributed by atoms with van der Waals surface area (Å²) in [4.78, 5) is 13.9. The summed E-state index contributed by atoms with van der Waals surface area (Å²) >= 11 is 1.36. The highest BCUT2D eigenvalue weighted by Crippen LogP contribution is 2.29. The molecule has 0 radical (unpaired) electrons. The predicted molar refractivity (Wildman–Crippen MR) is 56.9 cm³/mol. The molecule has 0 unspecified atom stereocenters. The Bertz CT molecular complexity index is 623. The van der Waals surface area contributed by atoms with E-state index in [1.54, 1.807) is 0 Å². The van der Waals surface area contributed by atoms with Crippen LogP contribution in [0.2, 0.25) is 0 Å². The van der Waals surface area contributed by atoms with Gasteiger partial charge in [-0.15, -0.1) is 0 Å². The van der Waals surface area contributed by atoms with Gasteiger partial charge in [-0.1, -0.05) is 18.2 Å². The van der Waals surface area contributed by atoms with Crippen molar-refractivity contribution >= 4 is 38.9 Å². The molecule has 1 aromatic carbocycles. The largest absolute Gasteiger partial charge is 0.352 e. The molecule has 3 rings (SSSR count). The van der Waals surface area contributed by atoms with E-state index in [0.29, 0.717) is 5.69 Å². The smallest absolute Gasteiger partial charge is 0.171 e. The van der Waals surface area contributed by atoms with Gasteiger partial charge in [0.1, 0.15) is 5.69 Å². The summed E-state index contributed by atoms with van der Waals surface area (Å²) in [5.74, 6) is 0. The monoisotopic (exact) mass is 202 g/mol. The first-order chi connectivity index (χ1) is 6.90. The van der Waals surface area contributed by atoms with Gasteiger partial charge in [-0.25, -0.2) is 0 Å². The fourth-order valence-electron chi connectivity index (χ4n) is 1.61. The zero-order chi connectivity index (χ0) is 9.54. The van der Waals surface area contributed by atoms with Crippen LogP contribution < -0.4 is 0 Å². The second kappa shape index (κ2) is 2.65. The number of rotatable bonds is 1. The van der Waals surface area contributed by atoms with E-state index < -0.39 is 0 Å². The number of carbonyl (C=O) groups is 1. The van der Waals surface area contributed by atoms with Crippen LogP contribution >= 0.6 is 11.5 Å². The summed E-state index contributed by atoms with van der Waals surface area (Å²) in [5.41, 5.74) is 2.41. The Morgan fingerprint density at radius 2 is 2.21 bits per heavy atom. The average molecular weight is 202 g/mol. The van der Waals surface area contributed by atoms with Crippen molar-refractivity contribution < 1.29 is 4.79 Å². The molecule has 0 spiro atoms. The van der Waals surface area contributed by atoms with Crippen LogP contribution in [-0.4, -0.2) is 15.6 Å². The third-order valence-corrected chi connectivity index (χ3v) is 3.16. The van der Waals surface area contributed by atoms with Gasteiger partial charge in [0.15, 0.2) is 6.29 Å². The molecule has 0 atom stereocenters. The molecule has 68 valence electrons. The summed E-state index contributed by atoms with van der Waals surface area (Å²) in [5, 5.41) is 1.13. The molecule has 2 aromatic heterocycles. The standard InChI is InChI=1S/C10H6N2OS/c13-5-8-9-10(14-12-8)6-3-1-2-4-7(6)11-9/h1-5,11H. The molecule has 0 bridgehead atoms. The lowest BCUT2D eigenvalue weighted by molar-refractivity contribution is 0.112. The number of nitrogens with zero attached hydrogens (tertiary/aromatic N) is 1. The Hall–Kier alpha value is -1.68. The van der Waals surface area contributed by atoms with Crippen molar-refractivity contribution in [1.29, 1.82) is 0 Å². The zero-order valence-corrected chi connectivity index (χ0v) is 7.97. The minimum Gasteiger partial charge on any atom is -0.352 e. The molecule has 0 amide bonds. The first-order valence-electron chi connectivity index (χ1n) is 4.21. The normalized spacial score (nSPS) is 11.1. The number of hydrogen-bond donors (Lipinski definition) is 1. The summed E-state index contributed by atoms with van der Waals surface area (Å²) in [6.07, 6.45) is 0.786. The molecule has 3 nitrogen and oxygen atoms in total. The van der Waals surface area contributed by atoms with E-state index in [2.05, 4.69) is 9.36 Å². The van der Waals surface area contributed by atoms with E-state index >= 15 is 0 Å². The third-order valence-electron chi connectivity index (χ3n) is 2.26. The number of carbonyl (C=O) groups excluding carboxylic acids is 1. The third kappa shape index (κ3) is 0.858. The fraction of sp³-hybridized carbons (Fsp3) is 0. The number of aromatic nitrogens is 2.